The molecule has 0 saturated carbocycles. The van der Waals surface area contributed by atoms with E-state index >= 15 is 0 Å². The maximum absolute atomic E-state index is 13.4. The molecule has 40 heavy (non-hydrogen) atoms. The third-order valence-electron chi connectivity index (χ3n) is 6.35. The van der Waals surface area contributed by atoms with Crippen molar-refractivity contribution in [2.24, 2.45) is 0 Å². The molecule has 0 aliphatic heterocycles. The van der Waals surface area contributed by atoms with Gasteiger partial charge in [-0.3, -0.25) is 23.5 Å². The molecule has 3 aromatic carbocycles. The van der Waals surface area contributed by atoms with Crippen molar-refractivity contribution in [3.8, 4) is 11.5 Å². The van der Waals surface area contributed by atoms with Crippen LogP contribution in [0.15, 0.2) is 74.7 Å². The van der Waals surface area contributed by atoms with E-state index in [-0.39, 0.29) is 40.4 Å². The van der Waals surface area contributed by atoms with E-state index in [1.807, 2.05) is 24.3 Å². The van der Waals surface area contributed by atoms with E-state index in [2.05, 4.69) is 21.2 Å². The monoisotopic (exact) mass is 627 g/mol. The van der Waals surface area contributed by atoms with Gasteiger partial charge in [-0.25, -0.2) is 4.79 Å². The van der Waals surface area contributed by atoms with Crippen LogP contribution in [0.2, 0.25) is 5.02 Å². The molecule has 0 aliphatic rings. The van der Waals surface area contributed by atoms with Gasteiger partial charge in [-0.05, 0) is 48.7 Å². The molecule has 11 heteroatoms. The summed E-state index contributed by atoms with van der Waals surface area (Å²) in [5, 5.41) is 3.18. The third kappa shape index (κ3) is 6.63. The normalized spacial score (nSPS) is 10.9. The Morgan fingerprint density at radius 3 is 2.33 bits per heavy atom. The number of fused-ring (bicyclic) bond motifs is 1. The molecule has 0 bridgehead atoms. The zero-order chi connectivity index (χ0) is 28.8. The van der Waals surface area contributed by atoms with Gasteiger partial charge in [-0.1, -0.05) is 51.8 Å². The highest BCUT2D eigenvalue weighted by atomic mass is 79.9. The predicted molar refractivity (Wildman–Crippen MR) is 158 cm³/mol. The Balaban J connectivity index is 1.56. The molecule has 1 aromatic heterocycles. The molecule has 1 N–H and O–H groups in total. The number of aromatic nitrogens is 2. The number of Topliss-reactive ketones (excluding diaryl/α,β-unsaturated/α-hetero) is 1. The molecule has 0 spiro atoms. The third-order valence-corrected chi connectivity index (χ3v) is 7.17. The molecule has 9 nitrogen and oxygen atoms in total. The van der Waals surface area contributed by atoms with Crippen molar-refractivity contribution in [2.75, 3.05) is 19.5 Å². The number of rotatable bonds is 11. The second kappa shape index (κ2) is 13.0. The van der Waals surface area contributed by atoms with Gasteiger partial charge < -0.3 is 14.8 Å². The van der Waals surface area contributed by atoms with Crippen LogP contribution >= 0.6 is 27.5 Å². The van der Waals surface area contributed by atoms with Crippen LogP contribution in [0.3, 0.4) is 0 Å². The minimum atomic E-state index is -0.750. The maximum atomic E-state index is 13.4. The average Bonchev–Trinajstić information content (AvgIpc) is 2.94. The van der Waals surface area contributed by atoms with E-state index in [0.29, 0.717) is 24.3 Å². The molecular formula is C29H27BrClN3O6. The highest BCUT2D eigenvalue weighted by Gasteiger charge is 2.19. The average molecular weight is 629 g/mol. The highest BCUT2D eigenvalue weighted by Crippen LogP contribution is 2.35. The summed E-state index contributed by atoms with van der Waals surface area (Å²) in [5.41, 5.74) is 0.320. The van der Waals surface area contributed by atoms with Gasteiger partial charge in [0.25, 0.3) is 5.56 Å². The topological polar surface area (TPSA) is 109 Å². The van der Waals surface area contributed by atoms with E-state index in [9.17, 15) is 19.2 Å². The molecular weight excluding hydrogens is 602 g/mol. The van der Waals surface area contributed by atoms with E-state index in [1.54, 1.807) is 24.3 Å². The van der Waals surface area contributed by atoms with Gasteiger partial charge in [0.2, 0.25) is 5.91 Å². The molecule has 208 valence electrons. The lowest BCUT2D eigenvalue weighted by Gasteiger charge is -2.16. The minimum Gasteiger partial charge on any atom is -0.495 e. The van der Waals surface area contributed by atoms with Crippen LogP contribution in [-0.2, 0) is 29.1 Å². The Morgan fingerprint density at radius 1 is 0.925 bits per heavy atom. The number of carbonyl (C=O) groups is 2. The summed E-state index contributed by atoms with van der Waals surface area (Å²) in [6.45, 7) is -0.795. The molecule has 0 aliphatic carbocycles. The first kappa shape index (κ1) is 29.1. The Labute approximate surface area is 243 Å². The number of halogens is 2. The number of para-hydroxylation sites is 1. The number of nitrogens with one attached hydrogen (secondary N) is 1. The Hall–Kier alpha value is -3.89. The van der Waals surface area contributed by atoms with Crippen LogP contribution < -0.4 is 26.0 Å². The van der Waals surface area contributed by atoms with Crippen LogP contribution in [0, 0.1) is 0 Å². The number of hydrogen-bond donors (Lipinski definition) is 1. The van der Waals surface area contributed by atoms with Gasteiger partial charge in [0.05, 0.1) is 42.4 Å². The van der Waals surface area contributed by atoms with Crippen molar-refractivity contribution in [3.63, 3.8) is 0 Å². The number of ketones is 1. The molecule has 4 rings (SSSR count). The summed E-state index contributed by atoms with van der Waals surface area (Å²) < 4.78 is 13.6. The second-order valence-electron chi connectivity index (χ2n) is 9.03. The van der Waals surface area contributed by atoms with E-state index < -0.39 is 23.7 Å². The first-order valence-corrected chi connectivity index (χ1v) is 13.6. The van der Waals surface area contributed by atoms with Crippen LogP contribution in [0.1, 0.15) is 18.4 Å². The number of anilines is 1. The zero-order valence-corrected chi connectivity index (χ0v) is 24.3. The fourth-order valence-electron chi connectivity index (χ4n) is 4.35. The van der Waals surface area contributed by atoms with Crippen LogP contribution in [-0.4, -0.2) is 35.0 Å². The van der Waals surface area contributed by atoms with Gasteiger partial charge >= 0.3 is 5.69 Å². The first-order valence-electron chi connectivity index (χ1n) is 12.4. The number of methoxy groups -OCH3 is 2. The highest BCUT2D eigenvalue weighted by molar-refractivity contribution is 9.10. The summed E-state index contributed by atoms with van der Waals surface area (Å²) in [6.07, 6.45) is 1.47. The Morgan fingerprint density at radius 2 is 1.62 bits per heavy atom. The standard InChI is InChI=1S/C29H27BrClN3O6/c1-39-25-15-26(40-2)23(14-22(25)31)32-27(36)17-33-24-9-4-3-8-21(24)28(37)34(29(33)38)16-20(35)7-5-6-18-10-12-19(30)13-11-18/h3-4,8-15H,5-7,16-17H2,1-2H3,(H,32,36). The van der Waals surface area contributed by atoms with E-state index in [4.69, 9.17) is 21.1 Å². The Bertz CT molecular complexity index is 1680. The SMILES string of the molecule is COc1cc(OC)c(NC(=O)Cn2c(=O)n(CC(=O)CCCc3ccc(Br)cc3)c(=O)c3ccccc32)cc1Cl. The molecule has 0 radical (unpaired) electrons. The smallest absolute Gasteiger partial charge is 0.332 e. The fraction of sp³-hybridized carbons (Fsp3) is 0.241. The zero-order valence-electron chi connectivity index (χ0n) is 21.9. The number of hydrogen-bond acceptors (Lipinski definition) is 6. The number of benzene rings is 3. The van der Waals surface area contributed by atoms with Crippen LogP contribution in [0.4, 0.5) is 5.69 Å². The number of aryl methyl sites for hydroxylation is 1. The van der Waals surface area contributed by atoms with E-state index in [1.165, 1.54) is 30.9 Å². The molecule has 1 heterocycles. The van der Waals surface area contributed by atoms with Crippen molar-refractivity contribution in [2.45, 2.75) is 32.4 Å². The van der Waals surface area contributed by atoms with Gasteiger partial charge in [-0.15, -0.1) is 0 Å². The Kier molecular flexibility index (Phi) is 9.44. The lowest BCUT2D eigenvalue weighted by Crippen LogP contribution is -2.43. The quantitative estimate of drug-likeness (QED) is 0.255. The molecule has 4 aromatic rings. The minimum absolute atomic E-state index is 0.202. The predicted octanol–water partition coefficient (Wildman–Crippen LogP) is 4.83. The molecule has 0 atom stereocenters. The second-order valence-corrected chi connectivity index (χ2v) is 10.4. The van der Waals surface area contributed by atoms with Crippen LogP contribution in [0.25, 0.3) is 10.9 Å². The number of ether oxygens (including phenoxy) is 2. The van der Waals surface area contributed by atoms with Crippen molar-refractivity contribution in [1.82, 2.24) is 9.13 Å². The molecule has 0 saturated heterocycles. The summed E-state index contributed by atoms with van der Waals surface area (Å²) in [7, 11) is 2.89. The van der Waals surface area contributed by atoms with Crippen molar-refractivity contribution >= 4 is 55.8 Å². The molecule has 1 amide bonds. The van der Waals surface area contributed by atoms with Crippen LogP contribution in [0.5, 0.6) is 11.5 Å². The number of carbonyl (C=O) groups excluding carboxylic acids is 2. The summed E-state index contributed by atoms with van der Waals surface area (Å²) in [4.78, 5) is 52.5. The summed E-state index contributed by atoms with van der Waals surface area (Å²) in [6, 6.07) is 17.3. The van der Waals surface area contributed by atoms with Crippen molar-refractivity contribution in [1.29, 1.82) is 0 Å². The lowest BCUT2D eigenvalue weighted by molar-refractivity contribution is -0.119. The van der Waals surface area contributed by atoms with E-state index in [0.717, 1.165) is 14.6 Å². The first-order chi connectivity index (χ1) is 19.2. The van der Waals surface area contributed by atoms with Crippen molar-refractivity contribution in [3.05, 3.63) is 96.6 Å². The fourth-order valence-corrected chi connectivity index (χ4v) is 4.86. The largest absolute Gasteiger partial charge is 0.495 e. The van der Waals surface area contributed by atoms with Gasteiger partial charge in [0.1, 0.15) is 18.0 Å². The number of amides is 1. The number of nitrogens with zero attached hydrogens (tertiary/aromatic N) is 2. The summed E-state index contributed by atoms with van der Waals surface area (Å²) >= 11 is 9.61. The van der Waals surface area contributed by atoms with Gasteiger partial charge in [0, 0.05) is 17.0 Å². The molecule has 0 unspecified atom stereocenters. The summed E-state index contributed by atoms with van der Waals surface area (Å²) in [5.74, 6) is -0.129. The van der Waals surface area contributed by atoms with Crippen molar-refractivity contribution < 1.29 is 19.1 Å². The van der Waals surface area contributed by atoms with Gasteiger partial charge in [0.15, 0.2) is 5.78 Å². The molecule has 0 fully saturated rings. The maximum Gasteiger partial charge on any atom is 0.332 e. The van der Waals surface area contributed by atoms with Gasteiger partial charge in [-0.2, -0.15) is 0 Å². The lowest BCUT2D eigenvalue weighted by atomic mass is 10.1.